The van der Waals surface area contributed by atoms with Gasteiger partial charge >= 0.3 is 0 Å². The molecule has 3 rings (SSSR count). The van der Waals surface area contributed by atoms with Crippen LogP contribution in [-0.4, -0.2) is 15.2 Å². The standard InChI is InChI=1S/C16H15NO2/c18-15(12-5-2-1-3-6-12)16(19)13-8-4-7-11-9-10-17-14(11)13/h1-10,15-19H/t15-,16+/m1/s1. The molecule has 3 N–H and O–H groups in total. The normalized spacial score (nSPS) is 14.4. The zero-order chi connectivity index (χ0) is 13.2. The van der Waals surface area contributed by atoms with Gasteiger partial charge in [-0.1, -0.05) is 48.5 Å². The second-order valence-corrected chi connectivity index (χ2v) is 4.59. The van der Waals surface area contributed by atoms with E-state index in [-0.39, 0.29) is 0 Å². The molecule has 0 aliphatic rings. The minimum atomic E-state index is -0.954. The van der Waals surface area contributed by atoms with Gasteiger partial charge in [0.05, 0.1) is 5.52 Å². The summed E-state index contributed by atoms with van der Waals surface area (Å²) in [4.78, 5) is 3.10. The number of aliphatic hydroxyl groups is 2. The molecule has 0 radical (unpaired) electrons. The first-order valence-corrected chi connectivity index (χ1v) is 6.24. The number of aliphatic hydroxyl groups excluding tert-OH is 2. The van der Waals surface area contributed by atoms with E-state index in [1.54, 1.807) is 0 Å². The highest BCUT2D eigenvalue weighted by Gasteiger charge is 2.22. The van der Waals surface area contributed by atoms with E-state index in [9.17, 15) is 10.2 Å². The molecule has 1 aromatic heterocycles. The van der Waals surface area contributed by atoms with Crippen LogP contribution in [0.1, 0.15) is 23.3 Å². The van der Waals surface area contributed by atoms with Crippen LogP contribution in [0.4, 0.5) is 0 Å². The summed E-state index contributed by atoms with van der Waals surface area (Å²) in [6, 6.07) is 16.8. The molecule has 0 amide bonds. The number of nitrogens with one attached hydrogen (secondary N) is 1. The number of H-pyrrole nitrogens is 1. The number of aromatic amines is 1. The first-order chi connectivity index (χ1) is 9.27. The summed E-state index contributed by atoms with van der Waals surface area (Å²) in [6.07, 6.45) is -0.0599. The van der Waals surface area contributed by atoms with E-state index in [0.29, 0.717) is 11.1 Å². The predicted octanol–water partition coefficient (Wildman–Crippen LogP) is 2.93. The fraction of sp³-hybridized carbons (Fsp3) is 0.125. The van der Waals surface area contributed by atoms with Crippen molar-refractivity contribution in [2.24, 2.45) is 0 Å². The third-order valence-corrected chi connectivity index (χ3v) is 3.38. The number of para-hydroxylation sites is 1. The number of hydrogen-bond acceptors (Lipinski definition) is 2. The van der Waals surface area contributed by atoms with E-state index in [1.807, 2.05) is 60.8 Å². The van der Waals surface area contributed by atoms with Gasteiger partial charge in [-0.25, -0.2) is 0 Å². The van der Waals surface area contributed by atoms with Crippen molar-refractivity contribution in [1.29, 1.82) is 0 Å². The van der Waals surface area contributed by atoms with Gasteiger partial charge in [-0.3, -0.25) is 0 Å². The number of aromatic nitrogens is 1. The van der Waals surface area contributed by atoms with Crippen LogP contribution in [0.3, 0.4) is 0 Å². The van der Waals surface area contributed by atoms with Gasteiger partial charge in [0.1, 0.15) is 12.2 Å². The van der Waals surface area contributed by atoms with Crippen molar-refractivity contribution in [1.82, 2.24) is 4.98 Å². The summed E-state index contributed by atoms with van der Waals surface area (Å²) < 4.78 is 0. The summed E-state index contributed by atoms with van der Waals surface area (Å²) in [6.45, 7) is 0. The Labute approximate surface area is 111 Å². The SMILES string of the molecule is O[C@H](c1ccccc1)[C@@H](O)c1cccc2cc[nH]c12. The van der Waals surface area contributed by atoms with Gasteiger partial charge in [-0.15, -0.1) is 0 Å². The van der Waals surface area contributed by atoms with Crippen LogP contribution >= 0.6 is 0 Å². The highest BCUT2D eigenvalue weighted by molar-refractivity contribution is 5.82. The first kappa shape index (κ1) is 12.0. The highest BCUT2D eigenvalue weighted by Crippen LogP contribution is 2.32. The van der Waals surface area contributed by atoms with Crippen molar-refractivity contribution in [3.8, 4) is 0 Å². The molecule has 1 heterocycles. The molecule has 3 heteroatoms. The Morgan fingerprint density at radius 1 is 0.789 bits per heavy atom. The minimum absolute atomic E-state index is 0.707. The van der Waals surface area contributed by atoms with Crippen LogP contribution in [0.15, 0.2) is 60.8 Å². The summed E-state index contributed by atoms with van der Waals surface area (Å²) in [5.41, 5.74) is 2.28. The van der Waals surface area contributed by atoms with Crippen LogP contribution < -0.4 is 0 Å². The fourth-order valence-electron chi connectivity index (χ4n) is 2.36. The number of rotatable bonds is 3. The third-order valence-electron chi connectivity index (χ3n) is 3.38. The predicted molar refractivity (Wildman–Crippen MR) is 74.7 cm³/mol. The van der Waals surface area contributed by atoms with Gasteiger partial charge in [-0.2, -0.15) is 0 Å². The van der Waals surface area contributed by atoms with E-state index >= 15 is 0 Å². The maximum Gasteiger partial charge on any atom is 0.111 e. The second kappa shape index (κ2) is 4.88. The highest BCUT2D eigenvalue weighted by atomic mass is 16.3. The Bertz CT molecular complexity index is 675. The van der Waals surface area contributed by atoms with Crippen molar-refractivity contribution < 1.29 is 10.2 Å². The Morgan fingerprint density at radius 3 is 2.37 bits per heavy atom. The van der Waals surface area contributed by atoms with Gasteiger partial charge in [0.25, 0.3) is 0 Å². The topological polar surface area (TPSA) is 56.2 Å². The van der Waals surface area contributed by atoms with E-state index in [0.717, 1.165) is 10.9 Å². The maximum atomic E-state index is 10.4. The molecule has 0 spiro atoms. The Hall–Kier alpha value is -2.10. The average Bonchev–Trinajstić information content (AvgIpc) is 2.95. The zero-order valence-electron chi connectivity index (χ0n) is 10.3. The van der Waals surface area contributed by atoms with Gasteiger partial charge in [0.2, 0.25) is 0 Å². The molecule has 0 saturated heterocycles. The number of fused-ring (bicyclic) bond motifs is 1. The van der Waals surface area contributed by atoms with E-state index in [1.165, 1.54) is 0 Å². The number of benzene rings is 2. The Balaban J connectivity index is 2.00. The third kappa shape index (κ3) is 2.14. The van der Waals surface area contributed by atoms with Crippen molar-refractivity contribution >= 4 is 10.9 Å². The zero-order valence-corrected chi connectivity index (χ0v) is 10.3. The van der Waals surface area contributed by atoms with E-state index in [2.05, 4.69) is 4.98 Å². The van der Waals surface area contributed by atoms with Crippen LogP contribution in [0.25, 0.3) is 10.9 Å². The van der Waals surface area contributed by atoms with Gasteiger partial charge in [0, 0.05) is 11.8 Å². The van der Waals surface area contributed by atoms with E-state index < -0.39 is 12.2 Å². The van der Waals surface area contributed by atoms with Crippen LogP contribution in [0.5, 0.6) is 0 Å². The van der Waals surface area contributed by atoms with Gasteiger partial charge in [0.15, 0.2) is 0 Å². The smallest absolute Gasteiger partial charge is 0.111 e. The van der Waals surface area contributed by atoms with Crippen LogP contribution in [0.2, 0.25) is 0 Å². The van der Waals surface area contributed by atoms with Crippen molar-refractivity contribution in [2.45, 2.75) is 12.2 Å². The van der Waals surface area contributed by atoms with Crippen molar-refractivity contribution in [3.63, 3.8) is 0 Å². The molecule has 3 nitrogen and oxygen atoms in total. The molecule has 0 aliphatic heterocycles. The lowest BCUT2D eigenvalue weighted by atomic mass is 9.97. The lowest BCUT2D eigenvalue weighted by Gasteiger charge is -2.19. The molecule has 19 heavy (non-hydrogen) atoms. The van der Waals surface area contributed by atoms with Gasteiger partial charge in [-0.05, 0) is 17.0 Å². The van der Waals surface area contributed by atoms with Crippen LogP contribution in [0, 0.1) is 0 Å². The molecular formula is C16H15NO2. The number of hydrogen-bond donors (Lipinski definition) is 3. The molecule has 0 bridgehead atoms. The van der Waals surface area contributed by atoms with Crippen molar-refractivity contribution in [3.05, 3.63) is 71.9 Å². The second-order valence-electron chi connectivity index (χ2n) is 4.59. The molecule has 0 saturated carbocycles. The molecular weight excluding hydrogens is 238 g/mol. The summed E-state index contributed by atoms with van der Waals surface area (Å²) in [7, 11) is 0. The fourth-order valence-corrected chi connectivity index (χ4v) is 2.36. The quantitative estimate of drug-likeness (QED) is 0.672. The lowest BCUT2D eigenvalue weighted by Crippen LogP contribution is -2.10. The van der Waals surface area contributed by atoms with Crippen molar-refractivity contribution in [2.75, 3.05) is 0 Å². The Morgan fingerprint density at radius 2 is 1.58 bits per heavy atom. The lowest BCUT2D eigenvalue weighted by molar-refractivity contribution is 0.0180. The summed E-state index contributed by atoms with van der Waals surface area (Å²) in [5.74, 6) is 0. The molecule has 96 valence electrons. The molecule has 0 unspecified atom stereocenters. The molecule has 3 aromatic rings. The molecule has 0 aliphatic carbocycles. The largest absolute Gasteiger partial charge is 0.385 e. The summed E-state index contributed by atoms with van der Waals surface area (Å²) in [5, 5.41) is 21.7. The monoisotopic (exact) mass is 253 g/mol. The van der Waals surface area contributed by atoms with Crippen LogP contribution in [-0.2, 0) is 0 Å². The average molecular weight is 253 g/mol. The Kier molecular flexibility index (Phi) is 3.07. The summed E-state index contributed by atoms with van der Waals surface area (Å²) >= 11 is 0. The molecule has 2 aromatic carbocycles. The minimum Gasteiger partial charge on any atom is -0.385 e. The van der Waals surface area contributed by atoms with E-state index in [4.69, 9.17) is 0 Å². The molecule has 2 atom stereocenters. The maximum absolute atomic E-state index is 10.4. The first-order valence-electron chi connectivity index (χ1n) is 6.24. The van der Waals surface area contributed by atoms with Gasteiger partial charge < -0.3 is 15.2 Å². The molecule has 0 fully saturated rings.